The van der Waals surface area contributed by atoms with Crippen molar-refractivity contribution in [3.8, 4) is 11.3 Å². The number of imidazole rings is 1. The summed E-state index contributed by atoms with van der Waals surface area (Å²) >= 11 is 0. The molecule has 1 aliphatic heterocycles. The highest BCUT2D eigenvalue weighted by atomic mass is 16.5. The van der Waals surface area contributed by atoms with Crippen LogP contribution in [0.3, 0.4) is 0 Å². The third-order valence-corrected chi connectivity index (χ3v) is 5.47. The van der Waals surface area contributed by atoms with Crippen molar-refractivity contribution in [2.75, 3.05) is 20.2 Å². The van der Waals surface area contributed by atoms with Gasteiger partial charge in [-0.2, -0.15) is 0 Å². The van der Waals surface area contributed by atoms with E-state index in [1.165, 1.54) is 5.56 Å². The minimum absolute atomic E-state index is 0.257. The van der Waals surface area contributed by atoms with Crippen molar-refractivity contribution in [2.45, 2.75) is 32.9 Å². The lowest BCUT2D eigenvalue weighted by Gasteiger charge is -2.20. The molecule has 1 aromatic carbocycles. The summed E-state index contributed by atoms with van der Waals surface area (Å²) in [5.41, 5.74) is 3.45. The quantitative estimate of drug-likeness (QED) is 0.860. The zero-order valence-electron chi connectivity index (χ0n) is 14.9. The number of fused-ring (bicyclic) bond motifs is 1. The number of carbonyl (C=O) groups excluding carboxylic acids is 1. The van der Waals surface area contributed by atoms with Gasteiger partial charge in [-0.25, -0.2) is 4.98 Å². The molecule has 1 saturated carbocycles. The van der Waals surface area contributed by atoms with Crippen LogP contribution in [0.2, 0.25) is 0 Å². The molecule has 0 radical (unpaired) electrons. The van der Waals surface area contributed by atoms with E-state index in [0.29, 0.717) is 18.4 Å². The zero-order chi connectivity index (χ0) is 17.4. The maximum atomic E-state index is 12.6. The second-order valence-electron chi connectivity index (χ2n) is 7.20. The van der Waals surface area contributed by atoms with Crippen molar-refractivity contribution in [3.05, 3.63) is 41.9 Å². The van der Waals surface area contributed by atoms with Crippen LogP contribution in [0.5, 0.6) is 0 Å². The summed E-state index contributed by atoms with van der Waals surface area (Å²) in [7, 11) is 1.72. The number of hydrogen-bond acceptors (Lipinski definition) is 3. The Morgan fingerprint density at radius 1 is 1.28 bits per heavy atom. The maximum absolute atomic E-state index is 12.6. The van der Waals surface area contributed by atoms with E-state index in [9.17, 15) is 4.79 Å². The Balaban J connectivity index is 1.58. The SMILES string of the molecule is COCc1ccccc1-c1cnc2n1CCN(C(=O)[C@H]1C[C@@H]1C)CC2. The van der Waals surface area contributed by atoms with Crippen LogP contribution in [0.25, 0.3) is 11.3 Å². The second-order valence-corrected chi connectivity index (χ2v) is 7.20. The highest BCUT2D eigenvalue weighted by Crippen LogP contribution is 2.39. The predicted molar refractivity (Wildman–Crippen MR) is 95.9 cm³/mol. The fraction of sp³-hybridized carbons (Fsp3) is 0.500. The largest absolute Gasteiger partial charge is 0.380 e. The van der Waals surface area contributed by atoms with Gasteiger partial charge in [-0.3, -0.25) is 4.79 Å². The standard InChI is InChI=1S/C20H25N3O2/c1-14-11-17(14)20(24)22-8-7-19-21-12-18(23(19)10-9-22)16-6-4-3-5-15(16)13-25-2/h3-6,12,14,17H,7-11,13H2,1-2H3/t14-,17-/m0/s1. The summed E-state index contributed by atoms with van der Waals surface area (Å²) in [4.78, 5) is 19.3. The molecule has 0 saturated heterocycles. The first-order valence-corrected chi connectivity index (χ1v) is 9.09. The molecule has 25 heavy (non-hydrogen) atoms. The van der Waals surface area contributed by atoms with E-state index in [0.717, 1.165) is 49.6 Å². The molecule has 2 aromatic rings. The first-order chi connectivity index (χ1) is 12.2. The number of carbonyl (C=O) groups is 1. The molecule has 1 aromatic heterocycles. The van der Waals surface area contributed by atoms with Gasteiger partial charge < -0.3 is 14.2 Å². The molecule has 5 heteroatoms. The molecule has 0 spiro atoms. The predicted octanol–water partition coefficient (Wildman–Crippen LogP) is 2.74. The number of nitrogens with zero attached hydrogens (tertiary/aromatic N) is 3. The van der Waals surface area contributed by atoms with Crippen molar-refractivity contribution in [1.82, 2.24) is 14.5 Å². The van der Waals surface area contributed by atoms with E-state index in [2.05, 4.69) is 34.7 Å². The fourth-order valence-electron chi connectivity index (χ4n) is 3.82. The first-order valence-electron chi connectivity index (χ1n) is 9.09. The molecular formula is C20H25N3O2. The van der Waals surface area contributed by atoms with Gasteiger partial charge >= 0.3 is 0 Å². The van der Waals surface area contributed by atoms with Crippen LogP contribution in [-0.2, 0) is 29.1 Å². The number of rotatable bonds is 4. The summed E-state index contributed by atoms with van der Waals surface area (Å²) in [5.74, 6) is 2.22. The van der Waals surface area contributed by atoms with Crippen molar-refractivity contribution in [2.24, 2.45) is 11.8 Å². The zero-order valence-corrected chi connectivity index (χ0v) is 14.9. The number of methoxy groups -OCH3 is 1. The van der Waals surface area contributed by atoms with Crippen LogP contribution in [-0.4, -0.2) is 40.6 Å². The Labute approximate surface area is 148 Å². The molecule has 0 bridgehead atoms. The maximum Gasteiger partial charge on any atom is 0.226 e. The van der Waals surface area contributed by atoms with Gasteiger partial charge in [0.2, 0.25) is 5.91 Å². The van der Waals surface area contributed by atoms with Gasteiger partial charge in [-0.15, -0.1) is 0 Å². The Morgan fingerprint density at radius 2 is 2.08 bits per heavy atom. The van der Waals surface area contributed by atoms with Crippen LogP contribution in [0.1, 0.15) is 24.7 Å². The average molecular weight is 339 g/mol. The van der Waals surface area contributed by atoms with Crippen LogP contribution in [0, 0.1) is 11.8 Å². The third-order valence-electron chi connectivity index (χ3n) is 5.47. The Morgan fingerprint density at radius 3 is 2.84 bits per heavy atom. The third kappa shape index (κ3) is 3.09. The topological polar surface area (TPSA) is 47.4 Å². The van der Waals surface area contributed by atoms with Crippen molar-refractivity contribution in [3.63, 3.8) is 0 Å². The number of aromatic nitrogens is 2. The van der Waals surface area contributed by atoms with E-state index < -0.39 is 0 Å². The minimum Gasteiger partial charge on any atom is -0.380 e. The van der Waals surface area contributed by atoms with Crippen molar-refractivity contribution in [1.29, 1.82) is 0 Å². The number of benzene rings is 1. The minimum atomic E-state index is 0.257. The molecule has 1 aliphatic carbocycles. The normalized spacial score (nSPS) is 22.4. The van der Waals surface area contributed by atoms with Gasteiger partial charge in [0.1, 0.15) is 5.82 Å². The Hall–Kier alpha value is -2.14. The lowest BCUT2D eigenvalue weighted by atomic mass is 10.1. The molecule has 1 amide bonds. The van der Waals surface area contributed by atoms with Crippen molar-refractivity contribution < 1.29 is 9.53 Å². The van der Waals surface area contributed by atoms with Gasteiger partial charge in [0.25, 0.3) is 0 Å². The van der Waals surface area contributed by atoms with E-state index >= 15 is 0 Å². The molecule has 132 valence electrons. The highest BCUT2D eigenvalue weighted by molar-refractivity contribution is 5.81. The molecule has 2 atom stereocenters. The second kappa shape index (κ2) is 6.64. The molecule has 4 rings (SSSR count). The summed E-state index contributed by atoms with van der Waals surface area (Å²) < 4.78 is 7.62. The van der Waals surface area contributed by atoms with Gasteiger partial charge in [0.05, 0.1) is 18.5 Å². The lowest BCUT2D eigenvalue weighted by molar-refractivity contribution is -0.132. The smallest absolute Gasteiger partial charge is 0.226 e. The number of ether oxygens (including phenoxy) is 1. The van der Waals surface area contributed by atoms with Crippen LogP contribution in [0.15, 0.2) is 30.5 Å². The summed E-state index contributed by atoms with van der Waals surface area (Å²) in [6.07, 6.45) is 3.83. The molecule has 2 heterocycles. The average Bonchev–Trinajstić information content (AvgIpc) is 3.28. The molecule has 0 unspecified atom stereocenters. The lowest BCUT2D eigenvalue weighted by Crippen LogP contribution is -2.35. The van der Waals surface area contributed by atoms with Gasteiger partial charge in [-0.1, -0.05) is 31.2 Å². The Kier molecular flexibility index (Phi) is 4.34. The van der Waals surface area contributed by atoms with Crippen LogP contribution in [0.4, 0.5) is 0 Å². The molecule has 1 fully saturated rings. The monoisotopic (exact) mass is 339 g/mol. The summed E-state index contributed by atoms with van der Waals surface area (Å²) in [6.45, 7) is 5.10. The van der Waals surface area contributed by atoms with E-state index in [1.807, 2.05) is 17.2 Å². The van der Waals surface area contributed by atoms with E-state index in [4.69, 9.17) is 4.74 Å². The Bertz CT molecular complexity index is 783. The van der Waals surface area contributed by atoms with Crippen LogP contribution < -0.4 is 0 Å². The van der Waals surface area contributed by atoms with E-state index in [-0.39, 0.29) is 5.92 Å². The van der Waals surface area contributed by atoms with Gasteiger partial charge in [0, 0.05) is 44.6 Å². The molecule has 0 N–H and O–H groups in total. The number of amides is 1. The van der Waals surface area contributed by atoms with Gasteiger partial charge in [0.15, 0.2) is 0 Å². The molecule has 2 aliphatic rings. The van der Waals surface area contributed by atoms with E-state index in [1.54, 1.807) is 7.11 Å². The number of hydrogen-bond donors (Lipinski definition) is 0. The first kappa shape index (κ1) is 16.3. The highest BCUT2D eigenvalue weighted by Gasteiger charge is 2.41. The summed E-state index contributed by atoms with van der Waals surface area (Å²) in [5, 5.41) is 0. The van der Waals surface area contributed by atoms with Crippen LogP contribution >= 0.6 is 0 Å². The molecule has 5 nitrogen and oxygen atoms in total. The van der Waals surface area contributed by atoms with Gasteiger partial charge in [-0.05, 0) is 17.9 Å². The van der Waals surface area contributed by atoms with Crippen molar-refractivity contribution >= 4 is 5.91 Å². The fourth-order valence-corrected chi connectivity index (χ4v) is 3.82. The molecular weight excluding hydrogens is 314 g/mol. The summed E-state index contributed by atoms with van der Waals surface area (Å²) in [6, 6.07) is 8.31.